The van der Waals surface area contributed by atoms with Crippen molar-refractivity contribution in [2.75, 3.05) is 12.4 Å². The number of benzene rings is 2. The highest BCUT2D eigenvalue weighted by Gasteiger charge is 2.45. The van der Waals surface area contributed by atoms with Gasteiger partial charge in [0.05, 0.1) is 48.0 Å². The number of rotatable bonds is 9. The van der Waals surface area contributed by atoms with E-state index in [1.165, 1.54) is 0 Å². The Hall–Kier alpha value is -2.22. The zero-order valence-corrected chi connectivity index (χ0v) is 18.2. The predicted octanol–water partition coefficient (Wildman–Crippen LogP) is 4.52. The van der Waals surface area contributed by atoms with Gasteiger partial charge in [0.2, 0.25) is 0 Å². The molecule has 0 amide bonds. The highest BCUT2D eigenvalue weighted by Crippen LogP contribution is 2.32. The summed E-state index contributed by atoms with van der Waals surface area (Å²) in [6.45, 7) is 6.16. The molecule has 2 aromatic carbocycles. The Morgan fingerprint density at radius 2 is 1.87 bits per heavy atom. The van der Waals surface area contributed by atoms with Crippen LogP contribution in [-0.2, 0) is 31.6 Å². The topological polar surface area (TPSA) is 93.5 Å². The van der Waals surface area contributed by atoms with Crippen molar-refractivity contribution in [3.63, 3.8) is 0 Å². The molecule has 1 unspecified atom stereocenters. The van der Waals surface area contributed by atoms with Gasteiger partial charge in [0, 0.05) is 9.81 Å². The van der Waals surface area contributed by atoms with E-state index in [4.69, 9.17) is 19.7 Å². The van der Waals surface area contributed by atoms with Crippen LogP contribution in [0.15, 0.2) is 64.6 Å². The summed E-state index contributed by atoms with van der Waals surface area (Å²) >= 11 is 0. The smallest absolute Gasteiger partial charge is 0.163 e. The first-order chi connectivity index (χ1) is 14.4. The molecule has 0 radical (unpaired) electrons. The first kappa shape index (κ1) is 22.5. The van der Waals surface area contributed by atoms with Gasteiger partial charge in [-0.15, -0.1) is 0 Å². The highest BCUT2D eigenvalue weighted by molar-refractivity contribution is 7.85. The quantitative estimate of drug-likeness (QED) is 0.333. The fraction of sp³-hybridized carbons (Fsp3) is 0.455. The van der Waals surface area contributed by atoms with Crippen molar-refractivity contribution in [2.24, 2.45) is 5.11 Å². The summed E-state index contributed by atoms with van der Waals surface area (Å²) in [6.07, 6.45) is -1.04. The molecule has 30 heavy (non-hydrogen) atoms. The van der Waals surface area contributed by atoms with E-state index >= 15 is 0 Å². The fourth-order valence-corrected chi connectivity index (χ4v) is 4.57. The molecule has 160 valence electrons. The lowest BCUT2D eigenvalue weighted by Crippen LogP contribution is -2.39. The van der Waals surface area contributed by atoms with Crippen LogP contribution < -0.4 is 0 Å². The van der Waals surface area contributed by atoms with Crippen LogP contribution >= 0.6 is 0 Å². The van der Waals surface area contributed by atoms with Crippen molar-refractivity contribution >= 4 is 10.8 Å². The minimum atomic E-state index is -1.27. The van der Waals surface area contributed by atoms with E-state index in [9.17, 15) is 4.21 Å². The second-order valence-corrected chi connectivity index (χ2v) is 9.23. The van der Waals surface area contributed by atoms with E-state index in [0.29, 0.717) is 6.61 Å². The Morgan fingerprint density at radius 3 is 2.53 bits per heavy atom. The van der Waals surface area contributed by atoms with Gasteiger partial charge in [-0.2, -0.15) is 0 Å². The normalized spacial score (nSPS) is 22.2. The van der Waals surface area contributed by atoms with Gasteiger partial charge in [-0.1, -0.05) is 53.1 Å². The highest BCUT2D eigenvalue weighted by atomic mass is 32.2. The molecule has 1 fully saturated rings. The standard InChI is InChI=1S/C22H27N3O4S/c1-16-9-11-18(12-10-16)30(26)15-20-21(29-22(2,3)28-20)19(24-25-23)14-27-13-17-7-5-4-6-8-17/h4-12,19-21H,13-15H2,1-3H3/t19-,20+,21+,30?/m1/s1. The van der Waals surface area contributed by atoms with Gasteiger partial charge in [-0.3, -0.25) is 4.21 Å². The fourth-order valence-electron chi connectivity index (χ4n) is 3.39. The Morgan fingerprint density at radius 1 is 1.17 bits per heavy atom. The molecule has 0 aromatic heterocycles. The van der Waals surface area contributed by atoms with Gasteiger partial charge in [-0.05, 0) is 44.0 Å². The average Bonchev–Trinajstić information content (AvgIpc) is 3.02. The summed E-state index contributed by atoms with van der Waals surface area (Å²) < 4.78 is 30.7. The van der Waals surface area contributed by atoms with Crippen LogP contribution in [0.5, 0.6) is 0 Å². The summed E-state index contributed by atoms with van der Waals surface area (Å²) in [6, 6.07) is 16.7. The van der Waals surface area contributed by atoms with Crippen LogP contribution in [0.4, 0.5) is 0 Å². The van der Waals surface area contributed by atoms with Gasteiger partial charge in [0.15, 0.2) is 5.79 Å². The van der Waals surface area contributed by atoms with Crippen molar-refractivity contribution in [3.05, 3.63) is 76.2 Å². The third kappa shape index (κ3) is 6.14. The molecule has 4 atom stereocenters. The van der Waals surface area contributed by atoms with Crippen LogP contribution in [0.3, 0.4) is 0 Å². The molecule has 3 rings (SSSR count). The third-order valence-electron chi connectivity index (χ3n) is 4.80. The van der Waals surface area contributed by atoms with Crippen LogP contribution in [0.25, 0.3) is 10.4 Å². The monoisotopic (exact) mass is 429 g/mol. The maximum Gasteiger partial charge on any atom is 0.163 e. The number of hydrogen-bond donors (Lipinski definition) is 0. The maximum absolute atomic E-state index is 12.9. The maximum atomic E-state index is 12.9. The lowest BCUT2D eigenvalue weighted by molar-refractivity contribution is -0.147. The van der Waals surface area contributed by atoms with Crippen molar-refractivity contribution in [1.82, 2.24) is 0 Å². The first-order valence-corrected chi connectivity index (χ1v) is 11.2. The summed E-state index contributed by atoms with van der Waals surface area (Å²) in [5.74, 6) is -0.622. The van der Waals surface area contributed by atoms with Crippen molar-refractivity contribution in [3.8, 4) is 0 Å². The first-order valence-electron chi connectivity index (χ1n) is 9.84. The lowest BCUT2D eigenvalue weighted by atomic mass is 10.1. The molecule has 7 nitrogen and oxygen atoms in total. The van der Waals surface area contributed by atoms with Gasteiger partial charge in [0.1, 0.15) is 0 Å². The molecule has 0 saturated carbocycles. The van der Waals surface area contributed by atoms with Crippen LogP contribution in [0.1, 0.15) is 25.0 Å². The van der Waals surface area contributed by atoms with Crippen molar-refractivity contribution < 1.29 is 18.4 Å². The summed E-state index contributed by atoms with van der Waals surface area (Å²) in [5.41, 5.74) is 11.2. The molecular weight excluding hydrogens is 402 g/mol. The Labute approximate surface area is 179 Å². The molecule has 0 N–H and O–H groups in total. The largest absolute Gasteiger partial charge is 0.376 e. The Balaban J connectivity index is 1.69. The molecule has 0 aliphatic carbocycles. The molecule has 0 spiro atoms. The molecule has 1 aliphatic rings. The third-order valence-corrected chi connectivity index (χ3v) is 6.23. The summed E-state index contributed by atoms with van der Waals surface area (Å²) in [7, 11) is -1.27. The predicted molar refractivity (Wildman–Crippen MR) is 115 cm³/mol. The van der Waals surface area contributed by atoms with Gasteiger partial charge >= 0.3 is 0 Å². The number of ether oxygens (including phenoxy) is 3. The Bertz CT molecular complexity index is 898. The molecule has 1 saturated heterocycles. The van der Waals surface area contributed by atoms with Gasteiger partial charge in [0.25, 0.3) is 0 Å². The second kappa shape index (κ2) is 10.2. The van der Waals surface area contributed by atoms with Crippen LogP contribution in [-0.4, -0.2) is 40.6 Å². The minimum Gasteiger partial charge on any atom is -0.376 e. The number of hydrogen-bond acceptors (Lipinski definition) is 5. The van der Waals surface area contributed by atoms with E-state index in [0.717, 1.165) is 16.0 Å². The zero-order valence-electron chi connectivity index (χ0n) is 17.4. The number of nitrogens with zero attached hydrogens (tertiary/aromatic N) is 3. The zero-order chi connectivity index (χ0) is 21.6. The van der Waals surface area contributed by atoms with Crippen molar-refractivity contribution in [1.29, 1.82) is 0 Å². The molecular formula is C22H27N3O4S. The van der Waals surface area contributed by atoms with E-state index in [2.05, 4.69) is 10.0 Å². The molecule has 2 aromatic rings. The average molecular weight is 430 g/mol. The molecule has 1 aliphatic heterocycles. The molecule has 8 heteroatoms. The summed E-state index contributed by atoms with van der Waals surface area (Å²) in [4.78, 5) is 3.70. The van der Waals surface area contributed by atoms with Gasteiger partial charge in [-0.25, -0.2) is 0 Å². The van der Waals surface area contributed by atoms with Gasteiger partial charge < -0.3 is 14.2 Å². The second-order valence-electron chi connectivity index (χ2n) is 7.74. The van der Waals surface area contributed by atoms with E-state index in [1.54, 1.807) is 13.8 Å². The lowest BCUT2D eigenvalue weighted by Gasteiger charge is -2.23. The number of azide groups is 1. The van der Waals surface area contributed by atoms with Crippen LogP contribution in [0.2, 0.25) is 0 Å². The Kier molecular flexibility index (Phi) is 7.64. The SMILES string of the molecule is Cc1ccc(S(=O)C[C@@H]2OC(C)(C)O[C@H]2[C@@H](COCc2ccccc2)N=[N+]=[N-])cc1. The molecule has 1 heterocycles. The number of aryl methyl sites for hydroxylation is 1. The van der Waals surface area contributed by atoms with E-state index < -0.39 is 34.8 Å². The summed E-state index contributed by atoms with van der Waals surface area (Å²) in [5, 5.41) is 3.90. The minimum absolute atomic E-state index is 0.177. The molecule has 0 bridgehead atoms. The van der Waals surface area contributed by atoms with E-state index in [-0.39, 0.29) is 12.4 Å². The van der Waals surface area contributed by atoms with Crippen molar-refractivity contribution in [2.45, 2.75) is 56.3 Å². The van der Waals surface area contributed by atoms with E-state index in [1.807, 2.05) is 61.5 Å². The van der Waals surface area contributed by atoms with Crippen LogP contribution in [0, 0.1) is 6.92 Å².